The SMILES string of the molecule is COc1ccc(NC(=O)CN(Cc2ccc(Cl)cc2Cl)S(=O)(=O)c2ccc(C)cc2)cc1OC. The van der Waals surface area contributed by atoms with E-state index in [4.69, 9.17) is 32.7 Å². The number of halogens is 2. The van der Waals surface area contributed by atoms with Gasteiger partial charge in [-0.15, -0.1) is 0 Å². The van der Waals surface area contributed by atoms with E-state index >= 15 is 0 Å². The van der Waals surface area contributed by atoms with E-state index < -0.39 is 22.5 Å². The van der Waals surface area contributed by atoms with Crippen molar-refractivity contribution < 1.29 is 22.7 Å². The molecule has 3 rings (SSSR count). The maximum atomic E-state index is 13.4. The van der Waals surface area contributed by atoms with Gasteiger partial charge >= 0.3 is 0 Å². The van der Waals surface area contributed by atoms with Crippen LogP contribution >= 0.6 is 23.2 Å². The Morgan fingerprint density at radius 1 is 0.941 bits per heavy atom. The first-order valence-corrected chi connectivity index (χ1v) is 12.4. The Morgan fingerprint density at radius 2 is 1.62 bits per heavy atom. The standard InChI is InChI=1S/C24H24Cl2N2O5S/c1-16-4-9-20(10-5-16)34(30,31)28(14-17-6-7-18(25)12-21(17)26)15-24(29)27-19-8-11-22(32-2)23(13-19)33-3/h4-13H,14-15H2,1-3H3,(H,27,29). The molecule has 0 saturated carbocycles. The fraction of sp³-hybridized carbons (Fsp3) is 0.208. The van der Waals surface area contributed by atoms with Gasteiger partial charge in [0.05, 0.1) is 25.7 Å². The van der Waals surface area contributed by atoms with Gasteiger partial charge in [0.15, 0.2) is 11.5 Å². The molecule has 7 nitrogen and oxygen atoms in total. The number of nitrogens with one attached hydrogen (secondary N) is 1. The van der Waals surface area contributed by atoms with Gasteiger partial charge in [-0.25, -0.2) is 8.42 Å². The molecular formula is C24H24Cl2N2O5S. The fourth-order valence-electron chi connectivity index (χ4n) is 3.20. The highest BCUT2D eigenvalue weighted by Gasteiger charge is 2.28. The minimum atomic E-state index is -4.02. The zero-order valence-electron chi connectivity index (χ0n) is 18.8. The molecule has 0 aromatic heterocycles. The number of aryl methyl sites for hydroxylation is 1. The normalized spacial score (nSPS) is 11.4. The Kier molecular flexibility index (Phi) is 8.43. The fourth-order valence-corrected chi connectivity index (χ4v) is 5.04. The van der Waals surface area contributed by atoms with Crippen molar-refractivity contribution >= 4 is 44.8 Å². The monoisotopic (exact) mass is 522 g/mol. The molecule has 0 fully saturated rings. The molecular weight excluding hydrogens is 499 g/mol. The number of methoxy groups -OCH3 is 2. The zero-order valence-corrected chi connectivity index (χ0v) is 21.2. The summed E-state index contributed by atoms with van der Waals surface area (Å²) in [4.78, 5) is 13.0. The second-order valence-electron chi connectivity index (χ2n) is 7.44. The smallest absolute Gasteiger partial charge is 0.243 e. The summed E-state index contributed by atoms with van der Waals surface area (Å²) in [6.07, 6.45) is 0. The Balaban J connectivity index is 1.90. The van der Waals surface area contributed by atoms with Gasteiger partial charge < -0.3 is 14.8 Å². The highest BCUT2D eigenvalue weighted by molar-refractivity contribution is 7.89. The quantitative estimate of drug-likeness (QED) is 0.420. The van der Waals surface area contributed by atoms with Gasteiger partial charge in [-0.05, 0) is 48.9 Å². The average molecular weight is 523 g/mol. The summed E-state index contributed by atoms with van der Waals surface area (Å²) in [7, 11) is -1.03. The number of nitrogens with zero attached hydrogens (tertiary/aromatic N) is 1. The Hall–Kier alpha value is -2.78. The maximum Gasteiger partial charge on any atom is 0.243 e. The van der Waals surface area contributed by atoms with Crippen LogP contribution < -0.4 is 14.8 Å². The first-order chi connectivity index (χ1) is 16.1. The molecule has 0 saturated heterocycles. The number of hydrogen-bond donors (Lipinski definition) is 1. The molecule has 3 aromatic rings. The van der Waals surface area contributed by atoms with Crippen LogP contribution in [0.4, 0.5) is 5.69 Å². The van der Waals surface area contributed by atoms with Crippen molar-refractivity contribution in [2.45, 2.75) is 18.4 Å². The molecule has 0 heterocycles. The Labute approximate surface area is 209 Å². The van der Waals surface area contributed by atoms with Crippen LogP contribution in [0, 0.1) is 6.92 Å². The lowest BCUT2D eigenvalue weighted by molar-refractivity contribution is -0.116. The minimum Gasteiger partial charge on any atom is -0.493 e. The van der Waals surface area contributed by atoms with Gasteiger partial charge in [0.1, 0.15) is 0 Å². The summed E-state index contributed by atoms with van der Waals surface area (Å²) in [5, 5.41) is 3.43. The third kappa shape index (κ3) is 6.21. The van der Waals surface area contributed by atoms with Crippen molar-refractivity contribution in [3.8, 4) is 11.5 Å². The molecule has 0 aliphatic heterocycles. The Bertz CT molecular complexity index is 1280. The molecule has 0 aliphatic carbocycles. The molecule has 1 amide bonds. The van der Waals surface area contributed by atoms with Gasteiger partial charge in [-0.3, -0.25) is 4.79 Å². The van der Waals surface area contributed by atoms with Crippen LogP contribution in [0.25, 0.3) is 0 Å². The van der Waals surface area contributed by atoms with Crippen LogP contribution in [0.15, 0.2) is 65.6 Å². The van der Waals surface area contributed by atoms with Crippen LogP contribution in [0.5, 0.6) is 11.5 Å². The molecule has 0 atom stereocenters. The van der Waals surface area contributed by atoms with E-state index in [2.05, 4.69) is 5.32 Å². The highest BCUT2D eigenvalue weighted by Crippen LogP contribution is 2.30. The second kappa shape index (κ2) is 11.1. The number of carbonyl (C=O) groups is 1. The molecule has 0 radical (unpaired) electrons. The molecule has 3 aromatic carbocycles. The predicted octanol–water partition coefficient (Wildman–Crippen LogP) is 5.15. The number of amides is 1. The van der Waals surface area contributed by atoms with E-state index in [9.17, 15) is 13.2 Å². The van der Waals surface area contributed by atoms with E-state index in [-0.39, 0.29) is 11.4 Å². The number of rotatable bonds is 9. The van der Waals surface area contributed by atoms with Gasteiger partial charge in [0.25, 0.3) is 0 Å². The lowest BCUT2D eigenvalue weighted by atomic mass is 10.2. The molecule has 0 bridgehead atoms. The number of anilines is 1. The average Bonchev–Trinajstić information content (AvgIpc) is 2.80. The second-order valence-corrected chi connectivity index (χ2v) is 10.2. The summed E-state index contributed by atoms with van der Waals surface area (Å²) in [5.74, 6) is 0.395. The van der Waals surface area contributed by atoms with Gasteiger partial charge in [0, 0.05) is 28.3 Å². The highest BCUT2D eigenvalue weighted by atomic mass is 35.5. The van der Waals surface area contributed by atoms with E-state index in [1.165, 1.54) is 32.4 Å². The molecule has 0 unspecified atom stereocenters. The third-order valence-corrected chi connectivity index (χ3v) is 7.40. The molecule has 34 heavy (non-hydrogen) atoms. The summed E-state index contributed by atoms with van der Waals surface area (Å²) in [6, 6.07) is 16.0. The van der Waals surface area contributed by atoms with E-state index in [0.29, 0.717) is 32.8 Å². The van der Waals surface area contributed by atoms with E-state index in [1.54, 1.807) is 42.5 Å². The van der Waals surface area contributed by atoms with Crippen molar-refractivity contribution in [2.75, 3.05) is 26.1 Å². The van der Waals surface area contributed by atoms with Crippen LogP contribution in [0.2, 0.25) is 10.0 Å². The van der Waals surface area contributed by atoms with Crippen molar-refractivity contribution in [3.05, 3.63) is 81.8 Å². The summed E-state index contributed by atoms with van der Waals surface area (Å²) in [6.45, 7) is 1.30. The van der Waals surface area contributed by atoms with Crippen LogP contribution in [0.3, 0.4) is 0 Å². The molecule has 180 valence electrons. The number of ether oxygens (including phenoxy) is 2. The first-order valence-electron chi connectivity index (χ1n) is 10.2. The first kappa shape index (κ1) is 25.8. The van der Waals surface area contributed by atoms with Crippen LogP contribution in [0.1, 0.15) is 11.1 Å². The largest absolute Gasteiger partial charge is 0.493 e. The molecule has 0 spiro atoms. The van der Waals surface area contributed by atoms with E-state index in [0.717, 1.165) is 9.87 Å². The minimum absolute atomic E-state index is 0.0714. The maximum absolute atomic E-state index is 13.4. The van der Waals surface area contributed by atoms with Crippen molar-refractivity contribution in [1.82, 2.24) is 4.31 Å². The van der Waals surface area contributed by atoms with Crippen molar-refractivity contribution in [1.29, 1.82) is 0 Å². The number of carbonyl (C=O) groups excluding carboxylic acids is 1. The molecule has 0 aliphatic rings. The van der Waals surface area contributed by atoms with Crippen molar-refractivity contribution in [3.63, 3.8) is 0 Å². The van der Waals surface area contributed by atoms with Gasteiger partial charge in [0.2, 0.25) is 15.9 Å². The van der Waals surface area contributed by atoms with Crippen molar-refractivity contribution in [2.24, 2.45) is 0 Å². The summed E-state index contributed by atoms with van der Waals surface area (Å²) < 4.78 is 38.4. The number of hydrogen-bond acceptors (Lipinski definition) is 5. The third-order valence-electron chi connectivity index (χ3n) is 5.01. The summed E-state index contributed by atoms with van der Waals surface area (Å²) >= 11 is 12.3. The molecule has 10 heteroatoms. The number of benzene rings is 3. The van der Waals surface area contributed by atoms with E-state index in [1.807, 2.05) is 6.92 Å². The van der Waals surface area contributed by atoms with Crippen LogP contribution in [-0.2, 0) is 21.4 Å². The van der Waals surface area contributed by atoms with Gasteiger partial charge in [-0.1, -0.05) is 47.0 Å². The lowest BCUT2D eigenvalue weighted by Crippen LogP contribution is -2.37. The zero-order chi connectivity index (χ0) is 24.9. The van der Waals surface area contributed by atoms with Crippen LogP contribution in [-0.4, -0.2) is 39.4 Å². The lowest BCUT2D eigenvalue weighted by Gasteiger charge is -2.23. The van der Waals surface area contributed by atoms with Gasteiger partial charge in [-0.2, -0.15) is 4.31 Å². The summed E-state index contributed by atoms with van der Waals surface area (Å²) in [5.41, 5.74) is 1.86. The Morgan fingerprint density at radius 3 is 2.24 bits per heavy atom. The topological polar surface area (TPSA) is 84.9 Å². The number of sulfonamides is 1. The molecule has 1 N–H and O–H groups in total. The predicted molar refractivity (Wildman–Crippen MR) is 133 cm³/mol.